The van der Waals surface area contributed by atoms with Crippen LogP contribution in [0.25, 0.3) is 43.1 Å². The molecular formula is C35H24O2. The largest absolute Gasteiger partial charge is 0.456 e. The molecule has 0 heterocycles. The van der Waals surface area contributed by atoms with E-state index in [4.69, 9.17) is 9.47 Å². The fourth-order valence-electron chi connectivity index (χ4n) is 5.13. The maximum atomic E-state index is 6.68. The third kappa shape index (κ3) is 3.84. The zero-order chi connectivity index (χ0) is 24.8. The van der Waals surface area contributed by atoms with Gasteiger partial charge >= 0.3 is 0 Å². The second-order valence-electron chi connectivity index (χ2n) is 9.47. The van der Waals surface area contributed by atoms with E-state index in [-0.39, 0.29) is 0 Å². The first-order chi connectivity index (χ1) is 18.2. The summed E-state index contributed by atoms with van der Waals surface area (Å²) >= 11 is 0. The van der Waals surface area contributed by atoms with Crippen LogP contribution < -0.4 is 9.47 Å². The van der Waals surface area contributed by atoms with Crippen molar-refractivity contribution in [2.45, 2.75) is 6.92 Å². The molecule has 0 saturated heterocycles. The van der Waals surface area contributed by atoms with Crippen LogP contribution in [-0.4, -0.2) is 0 Å². The highest BCUT2D eigenvalue weighted by molar-refractivity contribution is 6.11. The first-order valence-corrected chi connectivity index (χ1v) is 12.5. The molecule has 7 aromatic carbocycles. The molecule has 0 unspecified atom stereocenters. The van der Waals surface area contributed by atoms with E-state index in [0.29, 0.717) is 0 Å². The molecule has 0 aliphatic rings. The van der Waals surface area contributed by atoms with Crippen molar-refractivity contribution in [2.75, 3.05) is 0 Å². The summed E-state index contributed by atoms with van der Waals surface area (Å²) in [6.45, 7) is 2.11. The number of ether oxygens (including phenoxy) is 2. The maximum Gasteiger partial charge on any atom is 0.143 e. The summed E-state index contributed by atoms with van der Waals surface area (Å²) in [6.07, 6.45) is 0. The Morgan fingerprint density at radius 3 is 1.41 bits per heavy atom. The molecule has 0 radical (unpaired) electrons. The van der Waals surface area contributed by atoms with E-state index in [1.165, 1.54) is 16.3 Å². The van der Waals surface area contributed by atoms with E-state index in [9.17, 15) is 0 Å². The predicted molar refractivity (Wildman–Crippen MR) is 154 cm³/mol. The molecule has 0 aliphatic heterocycles. The Morgan fingerprint density at radius 2 is 0.838 bits per heavy atom. The molecule has 0 aliphatic carbocycles. The second kappa shape index (κ2) is 8.69. The Kier molecular flexibility index (Phi) is 5.04. The van der Waals surface area contributed by atoms with Gasteiger partial charge in [-0.25, -0.2) is 0 Å². The van der Waals surface area contributed by atoms with Crippen LogP contribution in [0.4, 0.5) is 0 Å². The lowest BCUT2D eigenvalue weighted by molar-refractivity contribution is 0.486. The average Bonchev–Trinajstić information content (AvgIpc) is 2.94. The Labute approximate surface area is 215 Å². The van der Waals surface area contributed by atoms with E-state index in [1.807, 2.05) is 12.1 Å². The highest BCUT2D eigenvalue weighted by atomic mass is 16.5. The van der Waals surface area contributed by atoms with Gasteiger partial charge in [0.15, 0.2) is 0 Å². The van der Waals surface area contributed by atoms with Gasteiger partial charge in [-0.05, 0) is 58.8 Å². The molecule has 2 heteroatoms. The number of benzene rings is 7. The molecule has 2 nitrogen and oxygen atoms in total. The minimum absolute atomic E-state index is 0.814. The fraction of sp³-hybridized carbons (Fsp3) is 0.0286. The molecule has 0 N–H and O–H groups in total. The standard InChI is InChI=1S/C35H24O2/c1-23-14-19-32-33(20-23)35(37-29-18-16-25-9-3-5-11-27(25)22-29)31-13-7-6-12-30(31)34(32)36-28-17-15-24-8-2-4-10-26(24)21-28/h2-22H,1H3. The van der Waals surface area contributed by atoms with Gasteiger partial charge in [0, 0.05) is 21.5 Å². The first-order valence-electron chi connectivity index (χ1n) is 12.5. The summed E-state index contributed by atoms with van der Waals surface area (Å²) in [5.74, 6) is 3.31. The van der Waals surface area contributed by atoms with Crippen molar-refractivity contribution in [3.63, 3.8) is 0 Å². The third-order valence-electron chi connectivity index (χ3n) is 6.96. The van der Waals surface area contributed by atoms with Gasteiger partial charge in [-0.15, -0.1) is 0 Å². The third-order valence-corrected chi connectivity index (χ3v) is 6.96. The monoisotopic (exact) mass is 476 g/mol. The molecule has 0 atom stereocenters. The predicted octanol–water partition coefficient (Wildman–Crippen LogP) is 10.2. The number of hydrogen-bond donors (Lipinski definition) is 0. The van der Waals surface area contributed by atoms with Crippen molar-refractivity contribution in [1.82, 2.24) is 0 Å². The maximum absolute atomic E-state index is 6.68. The van der Waals surface area contributed by atoms with Crippen LogP contribution in [0, 0.1) is 6.92 Å². The number of fused-ring (bicyclic) bond motifs is 4. The summed E-state index contributed by atoms with van der Waals surface area (Å²) in [7, 11) is 0. The highest BCUT2D eigenvalue weighted by Crippen LogP contribution is 2.46. The van der Waals surface area contributed by atoms with Crippen LogP contribution in [-0.2, 0) is 0 Å². The number of rotatable bonds is 4. The number of hydrogen-bond acceptors (Lipinski definition) is 2. The smallest absolute Gasteiger partial charge is 0.143 e. The Bertz CT molecular complexity index is 1950. The van der Waals surface area contributed by atoms with E-state index >= 15 is 0 Å². The van der Waals surface area contributed by atoms with Gasteiger partial charge < -0.3 is 9.47 Å². The molecule has 7 rings (SSSR count). The fourth-order valence-corrected chi connectivity index (χ4v) is 5.13. The van der Waals surface area contributed by atoms with E-state index in [1.54, 1.807) is 0 Å². The SMILES string of the molecule is Cc1ccc2c(Oc3ccc4ccccc4c3)c3ccccc3c(Oc3ccc4ccccc4c3)c2c1. The Morgan fingerprint density at radius 1 is 0.378 bits per heavy atom. The summed E-state index contributed by atoms with van der Waals surface area (Å²) in [5, 5.41) is 8.78. The molecule has 0 fully saturated rings. The van der Waals surface area contributed by atoms with Crippen molar-refractivity contribution in [3.05, 3.63) is 133 Å². The Hall–Kier alpha value is -4.82. The van der Waals surface area contributed by atoms with Gasteiger partial charge in [0.25, 0.3) is 0 Å². The topological polar surface area (TPSA) is 18.5 Å². The van der Waals surface area contributed by atoms with E-state index in [2.05, 4.69) is 122 Å². The minimum Gasteiger partial charge on any atom is -0.456 e. The van der Waals surface area contributed by atoms with E-state index in [0.717, 1.165) is 55.3 Å². The van der Waals surface area contributed by atoms with Crippen molar-refractivity contribution < 1.29 is 9.47 Å². The van der Waals surface area contributed by atoms with Crippen LogP contribution in [0.1, 0.15) is 5.56 Å². The van der Waals surface area contributed by atoms with Gasteiger partial charge in [0.2, 0.25) is 0 Å². The summed E-state index contributed by atoms with van der Waals surface area (Å²) in [5.41, 5.74) is 1.17. The zero-order valence-electron chi connectivity index (χ0n) is 20.4. The molecule has 0 spiro atoms. The molecule has 0 aromatic heterocycles. The van der Waals surface area contributed by atoms with Crippen LogP contribution in [0.15, 0.2) is 127 Å². The lowest BCUT2D eigenvalue weighted by Crippen LogP contribution is -1.94. The first kappa shape index (κ1) is 21.5. The van der Waals surface area contributed by atoms with E-state index < -0.39 is 0 Å². The van der Waals surface area contributed by atoms with Gasteiger partial charge in [0.1, 0.15) is 23.0 Å². The molecule has 37 heavy (non-hydrogen) atoms. The highest BCUT2D eigenvalue weighted by Gasteiger charge is 2.18. The normalized spacial score (nSPS) is 11.4. The number of aryl methyl sites for hydroxylation is 1. The van der Waals surface area contributed by atoms with Crippen molar-refractivity contribution >= 4 is 43.1 Å². The summed E-state index contributed by atoms with van der Waals surface area (Å²) in [6, 6.07) is 44.0. The lowest BCUT2D eigenvalue weighted by atomic mass is 9.99. The lowest BCUT2D eigenvalue weighted by Gasteiger charge is -2.18. The van der Waals surface area contributed by atoms with Crippen LogP contribution in [0.2, 0.25) is 0 Å². The molecular weight excluding hydrogens is 452 g/mol. The van der Waals surface area contributed by atoms with Gasteiger partial charge in [-0.2, -0.15) is 0 Å². The van der Waals surface area contributed by atoms with Crippen LogP contribution in [0.3, 0.4) is 0 Å². The zero-order valence-corrected chi connectivity index (χ0v) is 20.4. The molecule has 7 aromatic rings. The van der Waals surface area contributed by atoms with Crippen molar-refractivity contribution in [1.29, 1.82) is 0 Å². The van der Waals surface area contributed by atoms with Gasteiger partial charge in [-0.1, -0.05) is 103 Å². The molecule has 0 bridgehead atoms. The Balaban J connectivity index is 1.43. The quantitative estimate of drug-likeness (QED) is 0.235. The molecule has 176 valence electrons. The van der Waals surface area contributed by atoms with Crippen LogP contribution >= 0.6 is 0 Å². The summed E-state index contributed by atoms with van der Waals surface area (Å²) in [4.78, 5) is 0. The molecule has 0 amide bonds. The average molecular weight is 477 g/mol. The van der Waals surface area contributed by atoms with Crippen molar-refractivity contribution in [3.8, 4) is 23.0 Å². The van der Waals surface area contributed by atoms with Crippen LogP contribution in [0.5, 0.6) is 23.0 Å². The van der Waals surface area contributed by atoms with Crippen molar-refractivity contribution in [2.24, 2.45) is 0 Å². The van der Waals surface area contributed by atoms with Gasteiger partial charge in [-0.3, -0.25) is 0 Å². The van der Waals surface area contributed by atoms with Gasteiger partial charge in [0.05, 0.1) is 0 Å². The minimum atomic E-state index is 0.814. The second-order valence-corrected chi connectivity index (χ2v) is 9.47. The molecule has 0 saturated carbocycles. The summed E-state index contributed by atoms with van der Waals surface area (Å²) < 4.78 is 13.3.